The van der Waals surface area contributed by atoms with Crippen molar-refractivity contribution in [2.75, 3.05) is 0 Å². The predicted octanol–water partition coefficient (Wildman–Crippen LogP) is 5.39. The highest BCUT2D eigenvalue weighted by Crippen LogP contribution is 2.28. The van der Waals surface area contributed by atoms with Gasteiger partial charge in [0.25, 0.3) is 11.4 Å². The molecule has 0 aliphatic carbocycles. The molecule has 4 rings (SSSR count). The van der Waals surface area contributed by atoms with Crippen molar-refractivity contribution in [2.24, 2.45) is 0 Å². The smallest absolute Gasteiger partial charge is 0.383 e. The van der Waals surface area contributed by atoms with Gasteiger partial charge in [-0.2, -0.15) is 0 Å². The van der Waals surface area contributed by atoms with Crippen LogP contribution in [0.5, 0.6) is 0 Å². The topological polar surface area (TPSA) is 105 Å². The van der Waals surface area contributed by atoms with E-state index in [1.54, 1.807) is 50.2 Å². The third kappa shape index (κ3) is 5.90. The van der Waals surface area contributed by atoms with E-state index in [-0.39, 0.29) is 35.7 Å². The van der Waals surface area contributed by atoms with Crippen LogP contribution >= 0.6 is 0 Å². The molecule has 0 fully saturated rings. The summed E-state index contributed by atoms with van der Waals surface area (Å²) in [5.74, 6) is -1.02. The van der Waals surface area contributed by atoms with Gasteiger partial charge in [-0.15, -0.1) is 0 Å². The third-order valence-electron chi connectivity index (χ3n) is 6.32. The van der Waals surface area contributed by atoms with Crippen LogP contribution in [0.25, 0.3) is 0 Å². The minimum absolute atomic E-state index is 0.118. The van der Waals surface area contributed by atoms with E-state index in [0.717, 1.165) is 0 Å². The second-order valence-corrected chi connectivity index (χ2v) is 11.9. The van der Waals surface area contributed by atoms with Crippen molar-refractivity contribution < 1.29 is 27.5 Å². The molecule has 8 nitrogen and oxygen atoms in total. The first-order chi connectivity index (χ1) is 18.6. The largest absolute Gasteiger partial charge is 0.407 e. The van der Waals surface area contributed by atoms with Crippen LogP contribution in [0.1, 0.15) is 22.3 Å². The molecular weight excluding hydrogens is 526 g/mol. The monoisotopic (exact) mass is 550 g/mol. The second kappa shape index (κ2) is 11.6. The first kappa shape index (κ1) is 27.7. The maximum atomic E-state index is 13.9. The standard InChI is InChI=1S/C28H24F2N2O6Si/c1-19-5-3-7-21(27(19)31(33)34)17-37-39(25-13-9-23(29)10-14-25,26-15-11-24(30)12-16-26)38-18-22-8-4-6-20(2)28(22)32(35)36/h3-16H,17-18H2,1-2H3. The van der Waals surface area contributed by atoms with Gasteiger partial charge in [0.05, 0.1) is 34.2 Å². The lowest BCUT2D eigenvalue weighted by Crippen LogP contribution is -2.63. The van der Waals surface area contributed by atoms with Gasteiger partial charge in [-0.25, -0.2) is 8.78 Å². The van der Waals surface area contributed by atoms with Crippen LogP contribution in [0.15, 0.2) is 84.9 Å². The van der Waals surface area contributed by atoms with Crippen molar-refractivity contribution in [2.45, 2.75) is 27.1 Å². The average Bonchev–Trinajstić information content (AvgIpc) is 2.89. The van der Waals surface area contributed by atoms with Gasteiger partial charge < -0.3 is 8.85 Å². The Morgan fingerprint density at radius 2 is 1.00 bits per heavy atom. The predicted molar refractivity (Wildman–Crippen MR) is 143 cm³/mol. The number of hydrogen-bond donors (Lipinski definition) is 0. The van der Waals surface area contributed by atoms with E-state index in [1.165, 1.54) is 48.5 Å². The number of hydrogen-bond acceptors (Lipinski definition) is 6. The molecule has 0 radical (unpaired) electrons. The molecule has 0 spiro atoms. The lowest BCUT2D eigenvalue weighted by atomic mass is 10.1. The summed E-state index contributed by atoms with van der Waals surface area (Å²) in [4.78, 5) is 22.6. The minimum Gasteiger partial charge on any atom is -0.383 e. The summed E-state index contributed by atoms with van der Waals surface area (Å²) in [5, 5.41) is 24.5. The van der Waals surface area contributed by atoms with E-state index in [2.05, 4.69) is 0 Å². The fourth-order valence-electron chi connectivity index (χ4n) is 4.43. The molecule has 4 aromatic carbocycles. The van der Waals surface area contributed by atoms with Gasteiger partial charge in [0.15, 0.2) is 0 Å². The number of benzene rings is 4. The Kier molecular flexibility index (Phi) is 8.24. The maximum absolute atomic E-state index is 13.9. The Labute approximate surface area is 224 Å². The molecule has 0 aliphatic rings. The van der Waals surface area contributed by atoms with Gasteiger partial charge in [-0.3, -0.25) is 20.2 Å². The van der Waals surface area contributed by atoms with Crippen LogP contribution < -0.4 is 10.4 Å². The van der Waals surface area contributed by atoms with Crippen molar-refractivity contribution in [1.29, 1.82) is 0 Å². The lowest BCUT2D eigenvalue weighted by Gasteiger charge is -2.32. The maximum Gasteiger partial charge on any atom is 0.407 e. The van der Waals surface area contributed by atoms with Crippen LogP contribution in [0.4, 0.5) is 20.2 Å². The second-order valence-electron chi connectivity index (χ2n) is 8.89. The van der Waals surface area contributed by atoms with Gasteiger partial charge >= 0.3 is 8.56 Å². The van der Waals surface area contributed by atoms with E-state index >= 15 is 0 Å². The number of nitro benzene ring substituents is 2. The zero-order valence-corrected chi connectivity index (χ0v) is 22.1. The molecule has 0 saturated carbocycles. The summed E-state index contributed by atoms with van der Waals surface area (Å²) >= 11 is 0. The number of halogens is 2. The first-order valence-electron chi connectivity index (χ1n) is 11.9. The summed E-state index contributed by atoms with van der Waals surface area (Å²) in [7, 11) is -3.89. The molecule has 0 saturated heterocycles. The molecule has 0 aliphatic heterocycles. The number of para-hydroxylation sites is 2. The Morgan fingerprint density at radius 1 is 0.641 bits per heavy atom. The molecule has 11 heteroatoms. The van der Waals surface area contributed by atoms with Crippen molar-refractivity contribution in [1.82, 2.24) is 0 Å². The van der Waals surface area contributed by atoms with Crippen molar-refractivity contribution >= 4 is 30.3 Å². The molecule has 0 aromatic heterocycles. The van der Waals surface area contributed by atoms with E-state index in [1.807, 2.05) is 0 Å². The summed E-state index contributed by atoms with van der Waals surface area (Å²) in [6, 6.07) is 20.4. The Morgan fingerprint density at radius 3 is 1.33 bits per heavy atom. The summed E-state index contributed by atoms with van der Waals surface area (Å²) < 4.78 is 40.8. The van der Waals surface area contributed by atoms with Gasteiger partial charge in [0.2, 0.25) is 0 Å². The van der Waals surface area contributed by atoms with E-state index < -0.39 is 30.0 Å². The summed E-state index contributed by atoms with van der Waals surface area (Å²) in [5.41, 5.74) is 1.21. The average molecular weight is 551 g/mol. The lowest BCUT2D eigenvalue weighted by molar-refractivity contribution is -0.386. The van der Waals surface area contributed by atoms with Crippen LogP contribution in [-0.2, 0) is 22.1 Å². The normalized spacial score (nSPS) is 11.4. The van der Waals surface area contributed by atoms with E-state index in [9.17, 15) is 29.0 Å². The molecule has 39 heavy (non-hydrogen) atoms. The number of aryl methyl sites for hydroxylation is 2. The number of rotatable bonds is 10. The molecule has 0 amide bonds. The Balaban J connectivity index is 1.86. The number of nitro groups is 2. The van der Waals surface area contributed by atoms with Crippen LogP contribution in [0, 0.1) is 45.7 Å². The SMILES string of the molecule is Cc1cccc(CO[Si](OCc2cccc(C)c2[N+](=O)[O-])(c2ccc(F)cc2)c2ccc(F)cc2)c1[N+](=O)[O-]. The molecular formula is C28H24F2N2O6Si. The first-order valence-corrected chi connectivity index (χ1v) is 13.7. The highest BCUT2D eigenvalue weighted by molar-refractivity contribution is 6.92. The van der Waals surface area contributed by atoms with Gasteiger partial charge in [0, 0.05) is 11.1 Å². The number of nitrogens with zero attached hydrogens (tertiary/aromatic N) is 2. The molecule has 4 aromatic rings. The fraction of sp³-hybridized carbons (Fsp3) is 0.143. The molecule has 0 atom stereocenters. The highest BCUT2D eigenvalue weighted by Gasteiger charge is 2.44. The quantitative estimate of drug-likeness (QED) is 0.149. The van der Waals surface area contributed by atoms with Crippen molar-refractivity contribution in [3.63, 3.8) is 0 Å². The Bertz CT molecular complexity index is 1400. The molecule has 0 heterocycles. The van der Waals surface area contributed by atoms with Gasteiger partial charge in [-0.05, 0) is 60.6 Å². The Hall–Kier alpha value is -4.32. The van der Waals surface area contributed by atoms with E-state index in [4.69, 9.17) is 8.85 Å². The molecule has 200 valence electrons. The molecule has 0 bridgehead atoms. The zero-order chi connectivity index (χ0) is 28.2. The van der Waals surface area contributed by atoms with Crippen LogP contribution in [0.2, 0.25) is 0 Å². The highest BCUT2D eigenvalue weighted by atomic mass is 28.4. The summed E-state index contributed by atoms with van der Waals surface area (Å²) in [6.45, 7) is 2.71. The van der Waals surface area contributed by atoms with E-state index in [0.29, 0.717) is 21.5 Å². The van der Waals surface area contributed by atoms with Gasteiger partial charge in [0.1, 0.15) is 11.6 Å². The molecule has 0 unspecified atom stereocenters. The fourth-order valence-corrected chi connectivity index (χ4v) is 7.45. The third-order valence-corrected chi connectivity index (χ3v) is 9.61. The van der Waals surface area contributed by atoms with Crippen molar-refractivity contribution in [3.05, 3.63) is 139 Å². The van der Waals surface area contributed by atoms with Crippen LogP contribution in [0.3, 0.4) is 0 Å². The summed E-state index contributed by atoms with van der Waals surface area (Å²) in [6.07, 6.45) is 0. The molecule has 0 N–H and O–H groups in total. The van der Waals surface area contributed by atoms with Gasteiger partial charge in [-0.1, -0.05) is 48.5 Å². The van der Waals surface area contributed by atoms with Crippen LogP contribution in [-0.4, -0.2) is 18.4 Å². The van der Waals surface area contributed by atoms with Crippen molar-refractivity contribution in [3.8, 4) is 0 Å². The minimum atomic E-state index is -3.89. The zero-order valence-electron chi connectivity index (χ0n) is 21.1.